The van der Waals surface area contributed by atoms with Gasteiger partial charge in [-0.1, -0.05) is 91.0 Å². The summed E-state index contributed by atoms with van der Waals surface area (Å²) in [4.78, 5) is 29.6. The molecule has 0 spiro atoms. The fourth-order valence-corrected chi connectivity index (χ4v) is 10.6. The lowest BCUT2D eigenvalue weighted by molar-refractivity contribution is 0.103. The van der Waals surface area contributed by atoms with Crippen molar-refractivity contribution in [2.75, 3.05) is 0 Å². The third-order valence-electron chi connectivity index (χ3n) is 12.7. The zero-order chi connectivity index (χ0) is 35.6. The maximum atomic E-state index is 14.8. The highest BCUT2D eigenvalue weighted by Gasteiger charge is 2.49. The van der Waals surface area contributed by atoms with Gasteiger partial charge in [0.2, 0.25) is 0 Å². The Morgan fingerprint density at radius 3 is 1.38 bits per heavy atom. The molecule has 0 saturated carbocycles. The molecule has 11 aromatic rings. The summed E-state index contributed by atoms with van der Waals surface area (Å²) >= 11 is 0. The summed E-state index contributed by atoms with van der Waals surface area (Å²) in [7, 11) is 0. The Morgan fingerprint density at radius 1 is 0.455 bits per heavy atom. The molecule has 0 N–H and O–H groups in total. The van der Waals surface area contributed by atoms with E-state index in [4.69, 9.17) is 19.0 Å². The molecule has 0 fully saturated rings. The highest BCUT2D eigenvalue weighted by Crippen LogP contribution is 2.49. The maximum absolute atomic E-state index is 14.8. The molecule has 0 radical (unpaired) electrons. The third-order valence-corrected chi connectivity index (χ3v) is 12.7. The number of hydrogen-bond donors (Lipinski definition) is 0. The predicted molar refractivity (Wildman–Crippen MR) is 213 cm³/mol. The molecule has 250 valence electrons. The van der Waals surface area contributed by atoms with Gasteiger partial charge < -0.3 is 8.83 Å². The monoisotopic (exact) mass is 702 g/mol. The third kappa shape index (κ3) is 2.76. The Bertz CT molecular complexity index is 3540. The van der Waals surface area contributed by atoms with E-state index in [2.05, 4.69) is 12.1 Å². The van der Waals surface area contributed by atoms with Crippen LogP contribution in [0.3, 0.4) is 0 Å². The van der Waals surface area contributed by atoms with Crippen LogP contribution >= 0.6 is 0 Å². The minimum atomic E-state index is -0.422. The number of aromatic nitrogens is 4. The summed E-state index contributed by atoms with van der Waals surface area (Å²) < 4.78 is 18.0. The van der Waals surface area contributed by atoms with Gasteiger partial charge in [0.15, 0.2) is 11.6 Å². The molecule has 0 amide bonds. The van der Waals surface area contributed by atoms with Gasteiger partial charge in [0, 0.05) is 76.6 Å². The van der Waals surface area contributed by atoms with Crippen molar-refractivity contribution in [2.24, 2.45) is 0 Å². The summed E-state index contributed by atoms with van der Waals surface area (Å²) in [6.45, 7) is -0.422. The molecule has 0 saturated heterocycles. The van der Waals surface area contributed by atoms with Gasteiger partial charge in [0.1, 0.15) is 33.7 Å². The van der Waals surface area contributed by atoms with Crippen LogP contribution in [0.5, 0.6) is 0 Å². The fraction of sp³-hybridized carbons (Fsp3) is 0. The van der Waals surface area contributed by atoms with Crippen LogP contribution in [0.25, 0.3) is 99.6 Å². The molecular weight excluding hydrogens is 683 g/mol. The van der Waals surface area contributed by atoms with E-state index in [1.165, 1.54) is 0 Å². The van der Waals surface area contributed by atoms with Crippen molar-refractivity contribution < 1.29 is 18.4 Å². The van der Waals surface area contributed by atoms with E-state index in [-0.39, 0.29) is 11.6 Å². The molecule has 2 aliphatic heterocycles. The van der Waals surface area contributed by atoms with Crippen LogP contribution in [0, 0.1) is 0 Å². The Morgan fingerprint density at radius 2 is 0.891 bits per heavy atom. The zero-order valence-electron chi connectivity index (χ0n) is 28.5. The van der Waals surface area contributed by atoms with Gasteiger partial charge in [-0.05, 0) is 29.7 Å². The fourth-order valence-electron chi connectivity index (χ4n) is 10.6. The van der Waals surface area contributed by atoms with Crippen LogP contribution in [0.4, 0.5) is 0 Å². The Balaban J connectivity index is 1.23. The molecule has 6 heterocycles. The molecule has 15 rings (SSSR count). The van der Waals surface area contributed by atoms with Gasteiger partial charge in [0.05, 0.1) is 22.4 Å². The number of hydrogen-bond acceptors (Lipinski definition) is 6. The molecular formula is C46H19BN4O4. The second-order valence-electron chi connectivity index (χ2n) is 15.0. The van der Waals surface area contributed by atoms with Crippen molar-refractivity contribution >= 4 is 100 Å². The molecule has 7 aromatic carbocycles. The molecule has 0 atom stereocenters. The van der Waals surface area contributed by atoms with Crippen molar-refractivity contribution in [3.05, 3.63) is 138 Å². The van der Waals surface area contributed by atoms with Crippen LogP contribution < -0.4 is 16.4 Å². The normalized spacial score (nSPS) is 14.2. The summed E-state index contributed by atoms with van der Waals surface area (Å²) in [5, 5.41) is 15.8. The standard InChI is InChI=1S/C46H19BN4O4/c52-43-22-12-3-1-10-20(22)39-34-32(43)30-24-14-5-7-18-28(24)54-45(30)37-41(34)50(48-39)26-16-9-17-27-36(26)47(37)38-42-35-33(31-25-15-6-8-19-29(25)55-46(31)38)44(53)23-13-4-2-11-21(23)40(35)49-51(27)42/h1-19H. The number of carbonyl (C=O) groups is 2. The quantitative estimate of drug-likeness (QED) is 0.150. The Hall–Kier alpha value is -7.52. The minimum Gasteiger partial charge on any atom is -0.456 e. The van der Waals surface area contributed by atoms with Crippen LogP contribution in [0.1, 0.15) is 31.8 Å². The molecule has 4 aromatic heterocycles. The number of nitrogens with zero attached hydrogens (tertiary/aromatic N) is 4. The molecule has 8 nitrogen and oxygen atoms in total. The first-order valence-corrected chi connectivity index (χ1v) is 18.4. The number of furan rings is 2. The van der Waals surface area contributed by atoms with Crippen molar-refractivity contribution in [3.8, 4) is 33.9 Å². The van der Waals surface area contributed by atoms with E-state index in [1.54, 1.807) is 0 Å². The first kappa shape index (κ1) is 27.1. The average molecular weight is 702 g/mol. The summed E-state index contributed by atoms with van der Waals surface area (Å²) in [5.74, 6) is -0.0789. The topological polar surface area (TPSA) is 96.1 Å². The molecule has 55 heavy (non-hydrogen) atoms. The number of benzene rings is 7. The summed E-state index contributed by atoms with van der Waals surface area (Å²) in [6.07, 6.45) is 0. The molecule has 0 unspecified atom stereocenters. The first-order chi connectivity index (χ1) is 27.2. The largest absolute Gasteiger partial charge is 0.456 e. The lowest BCUT2D eigenvalue weighted by atomic mass is 9.33. The minimum absolute atomic E-state index is 0.0394. The van der Waals surface area contributed by atoms with Crippen molar-refractivity contribution in [1.29, 1.82) is 0 Å². The molecule has 2 aliphatic carbocycles. The van der Waals surface area contributed by atoms with Gasteiger partial charge in [0.25, 0.3) is 6.71 Å². The molecule has 4 aliphatic rings. The van der Waals surface area contributed by atoms with E-state index in [9.17, 15) is 9.59 Å². The average Bonchev–Trinajstić information content (AvgIpc) is 4.01. The van der Waals surface area contributed by atoms with Crippen LogP contribution in [0.15, 0.2) is 124 Å². The van der Waals surface area contributed by atoms with Crippen molar-refractivity contribution in [1.82, 2.24) is 19.6 Å². The number of para-hydroxylation sites is 2. The first-order valence-electron chi connectivity index (χ1n) is 18.4. The second-order valence-corrected chi connectivity index (χ2v) is 15.0. The van der Waals surface area contributed by atoms with Gasteiger partial charge in [-0.25, -0.2) is 9.36 Å². The molecule has 9 heteroatoms. The number of rotatable bonds is 0. The Kier molecular flexibility index (Phi) is 4.27. The predicted octanol–water partition coefficient (Wildman–Crippen LogP) is 7.73. The van der Waals surface area contributed by atoms with Crippen molar-refractivity contribution in [3.63, 3.8) is 0 Å². The Labute approximate surface area is 308 Å². The van der Waals surface area contributed by atoms with E-state index < -0.39 is 6.71 Å². The SMILES string of the molecule is O=C1c2ccccc2-c2nn3c4c(c5oc6ccccc6c5c1c24)B1c2c-3cccc2-n2nc3c4c(c5c(oc6ccccc65)c1c42)C(=O)c1ccccc1-3. The van der Waals surface area contributed by atoms with Gasteiger partial charge >= 0.3 is 0 Å². The van der Waals surface area contributed by atoms with Crippen LogP contribution in [-0.4, -0.2) is 37.8 Å². The van der Waals surface area contributed by atoms with Crippen molar-refractivity contribution in [2.45, 2.75) is 0 Å². The number of ketones is 2. The smallest absolute Gasteiger partial charge is 0.262 e. The second kappa shape index (κ2) is 8.64. The van der Waals surface area contributed by atoms with E-state index in [0.717, 1.165) is 93.6 Å². The lowest BCUT2D eigenvalue weighted by Crippen LogP contribution is -2.60. The number of carbonyl (C=O) groups excluding carboxylic acids is 2. The molecule has 0 bridgehead atoms. The van der Waals surface area contributed by atoms with E-state index in [1.807, 2.05) is 112 Å². The zero-order valence-corrected chi connectivity index (χ0v) is 28.5. The number of fused-ring (bicyclic) bond motifs is 18. The van der Waals surface area contributed by atoms with Crippen LogP contribution in [-0.2, 0) is 0 Å². The lowest BCUT2D eigenvalue weighted by Gasteiger charge is -2.32. The summed E-state index contributed by atoms with van der Waals surface area (Å²) in [5.41, 5.74) is 14.7. The van der Waals surface area contributed by atoms with E-state index in [0.29, 0.717) is 44.6 Å². The van der Waals surface area contributed by atoms with Gasteiger partial charge in [-0.3, -0.25) is 9.59 Å². The maximum Gasteiger partial charge on any atom is 0.262 e. The highest BCUT2D eigenvalue weighted by atomic mass is 16.3. The van der Waals surface area contributed by atoms with Gasteiger partial charge in [-0.15, -0.1) is 0 Å². The summed E-state index contributed by atoms with van der Waals surface area (Å²) in [6, 6.07) is 37.7. The van der Waals surface area contributed by atoms with E-state index >= 15 is 0 Å². The van der Waals surface area contributed by atoms with Gasteiger partial charge in [-0.2, -0.15) is 10.2 Å². The highest BCUT2D eigenvalue weighted by molar-refractivity contribution is 7.02. The van der Waals surface area contributed by atoms with Crippen LogP contribution in [0.2, 0.25) is 0 Å².